The molecule has 0 unspecified atom stereocenters. The molecule has 2 N–H and O–H groups in total. The van der Waals surface area contributed by atoms with Crippen LogP contribution < -0.4 is 9.47 Å². The zero-order valence-corrected chi connectivity index (χ0v) is 19.6. The summed E-state index contributed by atoms with van der Waals surface area (Å²) < 4.78 is 10.9. The Labute approximate surface area is 201 Å². The van der Waals surface area contributed by atoms with Crippen molar-refractivity contribution in [3.8, 4) is 34.1 Å². The van der Waals surface area contributed by atoms with Gasteiger partial charge in [-0.1, -0.05) is 36.4 Å². The van der Waals surface area contributed by atoms with E-state index in [0.29, 0.717) is 0 Å². The molecule has 0 saturated carbocycles. The number of hydrogen-bond acceptors (Lipinski definition) is 4. The second kappa shape index (κ2) is 10.8. The standard InChI is InChI=1S/C30H30O4/c1-33-26-15-9-22(10-16-26)4-6-24-12-18-30(34-2)28(20-24)27-19-23(11-17-29(27)32)5-3-21-7-13-25(31)14-8-21/h7-20,31-32H,3-6H2,1-2H3. The van der Waals surface area contributed by atoms with Crippen LogP contribution >= 0.6 is 0 Å². The molecule has 0 fully saturated rings. The molecule has 0 bridgehead atoms. The fourth-order valence-electron chi connectivity index (χ4n) is 4.11. The lowest BCUT2D eigenvalue weighted by atomic mass is 9.95. The highest BCUT2D eigenvalue weighted by Crippen LogP contribution is 2.37. The quantitative estimate of drug-likeness (QED) is 0.309. The summed E-state index contributed by atoms with van der Waals surface area (Å²) in [6.07, 6.45) is 3.47. The summed E-state index contributed by atoms with van der Waals surface area (Å²) in [5.74, 6) is 2.10. The second-order valence-electron chi connectivity index (χ2n) is 8.40. The molecule has 174 valence electrons. The van der Waals surface area contributed by atoms with Gasteiger partial charge in [-0.2, -0.15) is 0 Å². The van der Waals surface area contributed by atoms with Crippen LogP contribution in [0.1, 0.15) is 22.3 Å². The van der Waals surface area contributed by atoms with Gasteiger partial charge in [0.2, 0.25) is 0 Å². The Hall–Kier alpha value is -3.92. The minimum Gasteiger partial charge on any atom is -0.508 e. The number of methoxy groups -OCH3 is 2. The first-order valence-electron chi connectivity index (χ1n) is 11.5. The molecule has 4 aromatic rings. The van der Waals surface area contributed by atoms with Gasteiger partial charge in [0.15, 0.2) is 0 Å². The molecular weight excluding hydrogens is 424 g/mol. The van der Waals surface area contributed by atoms with E-state index < -0.39 is 0 Å². The van der Waals surface area contributed by atoms with Gasteiger partial charge in [0.05, 0.1) is 14.2 Å². The highest BCUT2D eigenvalue weighted by atomic mass is 16.5. The average molecular weight is 455 g/mol. The largest absolute Gasteiger partial charge is 0.508 e. The van der Waals surface area contributed by atoms with Crippen molar-refractivity contribution in [1.82, 2.24) is 0 Å². The van der Waals surface area contributed by atoms with Gasteiger partial charge in [-0.05, 0) is 96.5 Å². The number of phenols is 2. The lowest BCUT2D eigenvalue weighted by Crippen LogP contribution is -1.96. The maximum absolute atomic E-state index is 10.7. The first-order chi connectivity index (χ1) is 16.6. The van der Waals surface area contributed by atoms with E-state index in [1.807, 2.05) is 42.5 Å². The number of aryl methyl sites for hydroxylation is 4. The molecule has 0 radical (unpaired) electrons. The van der Waals surface area contributed by atoms with Crippen molar-refractivity contribution in [2.24, 2.45) is 0 Å². The van der Waals surface area contributed by atoms with E-state index in [1.54, 1.807) is 32.4 Å². The molecule has 0 aliphatic rings. The first-order valence-corrected chi connectivity index (χ1v) is 11.5. The predicted molar refractivity (Wildman–Crippen MR) is 136 cm³/mol. The van der Waals surface area contributed by atoms with Crippen molar-refractivity contribution in [2.75, 3.05) is 14.2 Å². The zero-order chi connectivity index (χ0) is 23.9. The number of rotatable bonds is 9. The van der Waals surface area contributed by atoms with E-state index in [0.717, 1.165) is 59.4 Å². The third kappa shape index (κ3) is 5.70. The molecular formula is C30H30O4. The summed E-state index contributed by atoms with van der Waals surface area (Å²) in [5.41, 5.74) is 6.37. The maximum atomic E-state index is 10.7. The van der Waals surface area contributed by atoms with Gasteiger partial charge >= 0.3 is 0 Å². The average Bonchev–Trinajstić information content (AvgIpc) is 2.88. The summed E-state index contributed by atoms with van der Waals surface area (Å²) in [5, 5.41) is 20.2. The van der Waals surface area contributed by atoms with Crippen molar-refractivity contribution in [3.63, 3.8) is 0 Å². The normalized spacial score (nSPS) is 10.8. The van der Waals surface area contributed by atoms with Crippen LogP contribution in [-0.2, 0) is 25.7 Å². The van der Waals surface area contributed by atoms with E-state index in [4.69, 9.17) is 9.47 Å². The molecule has 0 heterocycles. The van der Waals surface area contributed by atoms with Crippen molar-refractivity contribution in [3.05, 3.63) is 107 Å². The van der Waals surface area contributed by atoms with Gasteiger partial charge in [-0.15, -0.1) is 0 Å². The monoisotopic (exact) mass is 454 g/mol. The molecule has 4 aromatic carbocycles. The predicted octanol–water partition coefficient (Wildman–Crippen LogP) is 6.35. The fourth-order valence-corrected chi connectivity index (χ4v) is 4.11. The number of ether oxygens (including phenoxy) is 2. The SMILES string of the molecule is COc1ccc(CCc2ccc(OC)c(-c3cc(CCc4ccc(O)cc4)ccc3O)c2)cc1. The Morgan fingerprint density at radius 2 is 1.03 bits per heavy atom. The molecule has 0 aromatic heterocycles. The molecule has 4 heteroatoms. The van der Waals surface area contributed by atoms with Crippen LogP contribution in [0.5, 0.6) is 23.0 Å². The Morgan fingerprint density at radius 1 is 0.529 bits per heavy atom. The molecule has 34 heavy (non-hydrogen) atoms. The van der Waals surface area contributed by atoms with E-state index in [-0.39, 0.29) is 11.5 Å². The van der Waals surface area contributed by atoms with E-state index in [2.05, 4.69) is 24.3 Å². The lowest BCUT2D eigenvalue weighted by molar-refractivity contribution is 0.414. The molecule has 0 aliphatic heterocycles. The molecule has 4 nitrogen and oxygen atoms in total. The van der Waals surface area contributed by atoms with Crippen LogP contribution in [0.25, 0.3) is 11.1 Å². The van der Waals surface area contributed by atoms with Gasteiger partial charge in [-0.3, -0.25) is 0 Å². The van der Waals surface area contributed by atoms with Crippen molar-refractivity contribution in [1.29, 1.82) is 0 Å². The molecule has 0 spiro atoms. The van der Waals surface area contributed by atoms with Gasteiger partial charge in [-0.25, -0.2) is 0 Å². The van der Waals surface area contributed by atoms with Gasteiger partial charge in [0.1, 0.15) is 23.0 Å². The topological polar surface area (TPSA) is 58.9 Å². The fraction of sp³-hybridized carbons (Fsp3) is 0.200. The number of aromatic hydroxyl groups is 2. The Balaban J connectivity index is 1.54. The van der Waals surface area contributed by atoms with Crippen LogP contribution in [0.15, 0.2) is 84.9 Å². The van der Waals surface area contributed by atoms with E-state index >= 15 is 0 Å². The van der Waals surface area contributed by atoms with Crippen molar-refractivity contribution < 1.29 is 19.7 Å². The van der Waals surface area contributed by atoms with Gasteiger partial charge in [0.25, 0.3) is 0 Å². The zero-order valence-electron chi connectivity index (χ0n) is 19.6. The van der Waals surface area contributed by atoms with Crippen LogP contribution in [0.4, 0.5) is 0 Å². The summed E-state index contributed by atoms with van der Waals surface area (Å²) in [6.45, 7) is 0. The van der Waals surface area contributed by atoms with Crippen LogP contribution in [0.3, 0.4) is 0 Å². The minimum absolute atomic E-state index is 0.235. The van der Waals surface area contributed by atoms with Gasteiger partial charge < -0.3 is 19.7 Å². The Bertz CT molecular complexity index is 1230. The number of hydrogen-bond donors (Lipinski definition) is 2. The minimum atomic E-state index is 0.235. The number of benzene rings is 4. The van der Waals surface area contributed by atoms with Crippen LogP contribution in [-0.4, -0.2) is 24.4 Å². The third-order valence-corrected chi connectivity index (χ3v) is 6.12. The second-order valence-corrected chi connectivity index (χ2v) is 8.40. The van der Waals surface area contributed by atoms with Crippen LogP contribution in [0.2, 0.25) is 0 Å². The molecule has 0 atom stereocenters. The highest BCUT2D eigenvalue weighted by molar-refractivity contribution is 5.76. The molecule has 0 aliphatic carbocycles. The van der Waals surface area contributed by atoms with Crippen LogP contribution in [0, 0.1) is 0 Å². The summed E-state index contributed by atoms with van der Waals surface area (Å²) in [7, 11) is 3.33. The Morgan fingerprint density at radius 3 is 1.62 bits per heavy atom. The lowest BCUT2D eigenvalue weighted by Gasteiger charge is -2.14. The van der Waals surface area contributed by atoms with Crippen molar-refractivity contribution >= 4 is 0 Å². The van der Waals surface area contributed by atoms with Gasteiger partial charge in [0, 0.05) is 11.1 Å². The Kier molecular flexibility index (Phi) is 7.38. The maximum Gasteiger partial charge on any atom is 0.126 e. The summed E-state index contributed by atoms with van der Waals surface area (Å²) >= 11 is 0. The molecule has 0 amide bonds. The number of phenolic OH excluding ortho intramolecular Hbond substituents is 2. The smallest absolute Gasteiger partial charge is 0.126 e. The first kappa shape index (κ1) is 23.2. The van der Waals surface area contributed by atoms with E-state index in [9.17, 15) is 10.2 Å². The molecule has 0 saturated heterocycles. The summed E-state index contributed by atoms with van der Waals surface area (Å²) in [4.78, 5) is 0. The molecule has 4 rings (SSSR count). The van der Waals surface area contributed by atoms with Crippen molar-refractivity contribution in [2.45, 2.75) is 25.7 Å². The van der Waals surface area contributed by atoms with E-state index in [1.165, 1.54) is 11.1 Å². The summed E-state index contributed by atoms with van der Waals surface area (Å²) in [6, 6.07) is 27.4. The highest BCUT2D eigenvalue weighted by Gasteiger charge is 2.13. The third-order valence-electron chi connectivity index (χ3n) is 6.12.